The van der Waals surface area contributed by atoms with E-state index in [0.717, 1.165) is 91.9 Å². The minimum atomic E-state index is -0.243. The summed E-state index contributed by atoms with van der Waals surface area (Å²) in [7, 11) is 4.86. The molecule has 2 heterocycles. The molecule has 2 aliphatic heterocycles. The third kappa shape index (κ3) is 10.7. The Morgan fingerprint density at radius 1 is 0.491 bits per heavy atom. The molecule has 4 aromatic rings. The first-order valence-corrected chi connectivity index (χ1v) is 18.7. The fourth-order valence-corrected chi connectivity index (χ4v) is 7.03. The quantitative estimate of drug-likeness (QED) is 0.0979. The van der Waals surface area contributed by atoms with Crippen LogP contribution in [-0.2, 0) is 40.3 Å². The molecular weight excluding hydrogens is 700 g/mol. The number of hydrogen-bond acceptors (Lipinski definition) is 11. The van der Waals surface area contributed by atoms with Crippen molar-refractivity contribution in [1.29, 1.82) is 0 Å². The fourth-order valence-electron chi connectivity index (χ4n) is 7.03. The van der Waals surface area contributed by atoms with Gasteiger partial charge in [0.1, 0.15) is 17.2 Å². The molecule has 0 bridgehead atoms. The van der Waals surface area contributed by atoms with Gasteiger partial charge in [-0.05, 0) is 42.3 Å². The predicted octanol–water partition coefficient (Wildman–Crippen LogP) is 5.29. The highest BCUT2D eigenvalue weighted by atomic mass is 16.7. The zero-order chi connectivity index (χ0) is 38.4. The van der Waals surface area contributed by atoms with Gasteiger partial charge in [-0.15, -0.1) is 0 Å². The van der Waals surface area contributed by atoms with Crippen molar-refractivity contribution in [3.8, 4) is 17.2 Å². The van der Waals surface area contributed by atoms with Gasteiger partial charge in [0.25, 0.3) is 11.8 Å². The number of hydrogen-bond donors (Lipinski definition) is 0. The van der Waals surface area contributed by atoms with E-state index >= 15 is 0 Å². The highest BCUT2D eigenvalue weighted by Crippen LogP contribution is 2.27. The van der Waals surface area contributed by atoms with Gasteiger partial charge < -0.3 is 28.4 Å². The minimum absolute atomic E-state index is 0.123. The molecular formula is C43H52N4O8. The highest BCUT2D eigenvalue weighted by molar-refractivity contribution is 6.21. The lowest BCUT2D eigenvalue weighted by Gasteiger charge is -2.27. The number of methoxy groups -OCH3 is 3. The van der Waals surface area contributed by atoms with E-state index in [2.05, 4.69) is 32.9 Å². The van der Waals surface area contributed by atoms with Gasteiger partial charge in [0.05, 0.1) is 11.1 Å². The molecule has 4 aromatic carbocycles. The largest absolute Gasteiger partial charge is 0.467 e. The smallest absolute Gasteiger partial charge is 0.261 e. The van der Waals surface area contributed by atoms with Crippen LogP contribution in [0.1, 0.15) is 43.0 Å². The topological polar surface area (TPSA) is 102 Å². The molecule has 0 spiro atoms. The van der Waals surface area contributed by atoms with Crippen molar-refractivity contribution in [3.63, 3.8) is 0 Å². The van der Waals surface area contributed by atoms with Crippen LogP contribution < -0.4 is 14.2 Å². The van der Waals surface area contributed by atoms with Gasteiger partial charge in [-0.3, -0.25) is 29.2 Å². The molecule has 0 N–H and O–H groups in total. The Morgan fingerprint density at radius 3 is 1.35 bits per heavy atom. The number of imide groups is 1. The number of carbonyl (C=O) groups excluding carboxylic acids is 2. The first kappa shape index (κ1) is 39.9. The van der Waals surface area contributed by atoms with Gasteiger partial charge in [-0.2, -0.15) is 0 Å². The Labute approximate surface area is 324 Å². The van der Waals surface area contributed by atoms with E-state index in [0.29, 0.717) is 30.6 Å². The van der Waals surface area contributed by atoms with Gasteiger partial charge >= 0.3 is 0 Å². The second-order valence-corrected chi connectivity index (χ2v) is 13.7. The van der Waals surface area contributed by atoms with Crippen LogP contribution in [0.4, 0.5) is 0 Å². The Hall–Kier alpha value is -4.82. The maximum absolute atomic E-state index is 13.1. The lowest BCUT2D eigenvalue weighted by molar-refractivity contribution is 0.0493. The van der Waals surface area contributed by atoms with Crippen molar-refractivity contribution < 1.29 is 38.0 Å². The Balaban J connectivity index is 1.21. The zero-order valence-corrected chi connectivity index (χ0v) is 32.1. The Morgan fingerprint density at radius 2 is 0.891 bits per heavy atom. The molecule has 12 nitrogen and oxygen atoms in total. The summed E-state index contributed by atoms with van der Waals surface area (Å²) in [6, 6.07) is 29.4. The fraction of sp³-hybridized carbons (Fsp3) is 0.395. The Bertz CT molecular complexity index is 1770. The molecule has 0 radical (unpaired) electrons. The summed E-state index contributed by atoms with van der Waals surface area (Å²) in [6.07, 6.45) is 0.527. The lowest BCUT2D eigenvalue weighted by Crippen LogP contribution is -2.35. The van der Waals surface area contributed by atoms with E-state index in [1.807, 2.05) is 48.5 Å². The van der Waals surface area contributed by atoms with Gasteiger partial charge in [0.2, 0.25) is 0 Å². The van der Waals surface area contributed by atoms with Crippen molar-refractivity contribution in [2.75, 3.05) is 87.5 Å². The summed E-state index contributed by atoms with van der Waals surface area (Å²) >= 11 is 0. The van der Waals surface area contributed by atoms with Crippen molar-refractivity contribution in [3.05, 3.63) is 124 Å². The van der Waals surface area contributed by atoms with Gasteiger partial charge in [-0.1, -0.05) is 60.7 Å². The first-order chi connectivity index (χ1) is 27.0. The number of carbonyl (C=O) groups is 2. The van der Waals surface area contributed by atoms with E-state index in [9.17, 15) is 9.59 Å². The average molecular weight is 753 g/mol. The van der Waals surface area contributed by atoms with Crippen LogP contribution in [0.3, 0.4) is 0 Å². The SMILES string of the molecule is COCOc1ccccc1CN1CCN(Cc2ccccc2OCOC)CCN(Cc2cc(CCN3C(=O)c4ccccc4C3=O)ccc2OCOC)CC1. The van der Waals surface area contributed by atoms with Crippen molar-refractivity contribution in [1.82, 2.24) is 19.6 Å². The van der Waals surface area contributed by atoms with E-state index in [-0.39, 0.29) is 32.2 Å². The molecule has 12 heteroatoms. The summed E-state index contributed by atoms with van der Waals surface area (Å²) < 4.78 is 33.6. The second-order valence-electron chi connectivity index (χ2n) is 13.7. The van der Waals surface area contributed by atoms with Crippen LogP contribution >= 0.6 is 0 Å². The van der Waals surface area contributed by atoms with E-state index in [4.69, 9.17) is 28.4 Å². The summed E-state index contributed by atoms with van der Waals surface area (Å²) in [4.78, 5) is 34.9. The molecule has 2 aliphatic rings. The lowest BCUT2D eigenvalue weighted by atomic mass is 10.1. The molecule has 55 heavy (non-hydrogen) atoms. The van der Waals surface area contributed by atoms with Crippen LogP contribution in [0.2, 0.25) is 0 Å². The van der Waals surface area contributed by atoms with Crippen molar-refractivity contribution in [2.24, 2.45) is 0 Å². The van der Waals surface area contributed by atoms with Crippen molar-refractivity contribution >= 4 is 11.8 Å². The summed E-state index contributed by atoms with van der Waals surface area (Å²) in [5, 5.41) is 0. The summed E-state index contributed by atoms with van der Waals surface area (Å²) in [5.74, 6) is 1.90. The predicted molar refractivity (Wildman–Crippen MR) is 208 cm³/mol. The average Bonchev–Trinajstić information content (AvgIpc) is 3.50. The standard InChI is InChI=1S/C43H52N4O8/c1-50-30-53-39-14-8-4-10-34(39)27-44-20-21-45(28-35-11-5-9-15-40(35)54-31-51-2)23-25-46(24-22-44)29-36-26-33(16-17-41(36)55-32-52-3)18-19-47-42(48)37-12-6-7-13-38(37)43(47)49/h4-17,26H,18-25,27-32H2,1-3H3. The first-order valence-electron chi connectivity index (χ1n) is 18.7. The maximum Gasteiger partial charge on any atom is 0.261 e. The van der Waals surface area contributed by atoms with Crippen LogP contribution in [0, 0.1) is 0 Å². The van der Waals surface area contributed by atoms with Gasteiger partial charge in [0, 0.05) is 103 Å². The number of benzene rings is 4. The molecule has 1 saturated heterocycles. The minimum Gasteiger partial charge on any atom is -0.467 e. The van der Waals surface area contributed by atoms with E-state index in [1.54, 1.807) is 45.6 Å². The number of para-hydroxylation sites is 2. The van der Waals surface area contributed by atoms with Crippen LogP contribution in [0.15, 0.2) is 91.0 Å². The molecule has 1 fully saturated rings. The number of ether oxygens (including phenoxy) is 6. The van der Waals surface area contributed by atoms with Crippen LogP contribution in [0.5, 0.6) is 17.2 Å². The Kier molecular flexibility index (Phi) is 14.6. The number of nitrogens with zero attached hydrogens (tertiary/aromatic N) is 4. The van der Waals surface area contributed by atoms with Crippen LogP contribution in [-0.4, -0.2) is 119 Å². The van der Waals surface area contributed by atoms with Crippen LogP contribution in [0.25, 0.3) is 0 Å². The van der Waals surface area contributed by atoms with Gasteiger partial charge in [-0.25, -0.2) is 0 Å². The third-order valence-corrected chi connectivity index (χ3v) is 9.95. The highest BCUT2D eigenvalue weighted by Gasteiger charge is 2.34. The molecule has 0 atom stereocenters. The molecule has 0 saturated carbocycles. The monoisotopic (exact) mass is 752 g/mol. The van der Waals surface area contributed by atoms with Gasteiger partial charge in [0.15, 0.2) is 20.4 Å². The molecule has 0 unspecified atom stereocenters. The number of rotatable bonds is 18. The molecule has 0 aliphatic carbocycles. The molecule has 6 rings (SSSR count). The van der Waals surface area contributed by atoms with E-state index in [1.165, 1.54) is 4.90 Å². The van der Waals surface area contributed by atoms with Crippen molar-refractivity contribution in [2.45, 2.75) is 26.1 Å². The second kappa shape index (κ2) is 20.2. The summed E-state index contributed by atoms with van der Waals surface area (Å²) in [6.45, 7) is 7.95. The molecule has 292 valence electrons. The third-order valence-electron chi connectivity index (χ3n) is 9.95. The van der Waals surface area contributed by atoms with E-state index < -0.39 is 0 Å². The molecule has 0 aromatic heterocycles. The normalized spacial score (nSPS) is 15.7. The number of amides is 2. The number of fused-ring (bicyclic) bond motifs is 1. The maximum atomic E-state index is 13.1. The molecule has 2 amide bonds. The zero-order valence-electron chi connectivity index (χ0n) is 32.1. The summed E-state index contributed by atoms with van der Waals surface area (Å²) in [5.41, 5.74) is 5.18.